The Balaban J connectivity index is 1.64. The van der Waals surface area contributed by atoms with Gasteiger partial charge in [-0.1, -0.05) is 18.2 Å². The third-order valence-electron chi connectivity index (χ3n) is 4.49. The Hall–Kier alpha value is -3.68. The predicted octanol–water partition coefficient (Wildman–Crippen LogP) is 2.70. The summed E-state index contributed by atoms with van der Waals surface area (Å²) in [5.41, 5.74) is 9.21. The Bertz CT molecular complexity index is 1130. The van der Waals surface area contributed by atoms with Crippen molar-refractivity contribution in [2.75, 3.05) is 17.2 Å². The molecule has 0 atom stereocenters. The second kappa shape index (κ2) is 5.41. The van der Waals surface area contributed by atoms with Crippen molar-refractivity contribution >= 4 is 28.8 Å². The molecule has 1 aliphatic heterocycles. The van der Waals surface area contributed by atoms with Crippen molar-refractivity contribution in [1.82, 2.24) is 19.5 Å². The van der Waals surface area contributed by atoms with Gasteiger partial charge in [0.2, 0.25) is 5.95 Å². The number of nitrogens with zero attached hydrogens (tertiary/aromatic N) is 5. The van der Waals surface area contributed by atoms with Crippen LogP contribution in [0, 0.1) is 0 Å². The molecule has 8 nitrogen and oxygen atoms in total. The number of amides is 1. The van der Waals surface area contributed by atoms with Crippen molar-refractivity contribution in [3.05, 3.63) is 54.6 Å². The molecule has 1 amide bonds. The maximum atomic E-state index is 13.1. The van der Waals surface area contributed by atoms with E-state index in [1.54, 1.807) is 23.3 Å². The van der Waals surface area contributed by atoms with Crippen molar-refractivity contribution in [3.8, 4) is 11.5 Å². The lowest BCUT2D eigenvalue weighted by atomic mass is 10.2. The highest BCUT2D eigenvalue weighted by atomic mass is 16.3. The minimum absolute atomic E-state index is 0.0558. The molecule has 0 radical (unpaired) electrons. The molecule has 3 aromatic heterocycles. The van der Waals surface area contributed by atoms with Crippen LogP contribution in [0.5, 0.6) is 0 Å². The summed E-state index contributed by atoms with van der Waals surface area (Å²) in [6, 6.07) is 11.2. The normalized spacial score (nSPS) is 13.3. The zero-order valence-corrected chi connectivity index (χ0v) is 13.7. The van der Waals surface area contributed by atoms with Crippen LogP contribution < -0.4 is 10.6 Å². The molecule has 0 bridgehead atoms. The molecule has 0 aliphatic carbocycles. The Morgan fingerprint density at radius 2 is 2.04 bits per heavy atom. The highest BCUT2D eigenvalue weighted by Gasteiger charge is 2.27. The predicted molar refractivity (Wildman–Crippen MR) is 95.7 cm³/mol. The first-order valence-electron chi connectivity index (χ1n) is 8.16. The molecule has 128 valence electrons. The Labute approximate surface area is 147 Å². The average molecular weight is 346 g/mol. The molecule has 5 rings (SSSR count). The van der Waals surface area contributed by atoms with Gasteiger partial charge in [0.05, 0.1) is 6.26 Å². The second-order valence-corrected chi connectivity index (χ2v) is 6.01. The molecule has 0 saturated heterocycles. The quantitative estimate of drug-likeness (QED) is 0.568. The van der Waals surface area contributed by atoms with Crippen molar-refractivity contribution in [2.24, 2.45) is 0 Å². The van der Waals surface area contributed by atoms with Crippen molar-refractivity contribution in [2.45, 2.75) is 6.42 Å². The maximum Gasteiger partial charge on any atom is 0.335 e. The fourth-order valence-corrected chi connectivity index (χ4v) is 3.31. The van der Waals surface area contributed by atoms with E-state index >= 15 is 0 Å². The number of para-hydroxylation sites is 1. The molecule has 1 aliphatic rings. The van der Waals surface area contributed by atoms with E-state index in [1.807, 2.05) is 24.3 Å². The van der Waals surface area contributed by atoms with Crippen molar-refractivity contribution in [3.63, 3.8) is 0 Å². The molecule has 4 aromatic rings. The van der Waals surface area contributed by atoms with Gasteiger partial charge in [0.25, 0.3) is 0 Å². The summed E-state index contributed by atoms with van der Waals surface area (Å²) in [4.78, 5) is 27.6. The molecule has 0 unspecified atom stereocenters. The average Bonchev–Trinajstić information content (AvgIpc) is 3.39. The molecule has 0 saturated carbocycles. The summed E-state index contributed by atoms with van der Waals surface area (Å²) in [6.07, 6.45) is 3.82. The molecule has 4 heterocycles. The Morgan fingerprint density at radius 3 is 2.88 bits per heavy atom. The largest absolute Gasteiger partial charge is 0.463 e. The van der Waals surface area contributed by atoms with Gasteiger partial charge < -0.3 is 10.2 Å². The van der Waals surface area contributed by atoms with Crippen molar-refractivity contribution < 1.29 is 9.21 Å². The number of hydrogen-bond donors (Lipinski definition) is 1. The number of anilines is 2. The molecule has 1 aromatic carbocycles. The van der Waals surface area contributed by atoms with E-state index in [1.165, 1.54) is 10.9 Å². The summed E-state index contributed by atoms with van der Waals surface area (Å²) in [5.74, 6) is 0.577. The SMILES string of the molecule is Nc1nc(-c2ccco2)c2ncn(C(=O)N3CCc4ccccc43)c2n1. The topological polar surface area (TPSA) is 103 Å². The monoisotopic (exact) mass is 346 g/mol. The number of carbonyl (C=O) groups excluding carboxylic acids is 1. The number of nitrogen functional groups attached to an aromatic ring is 1. The van der Waals surface area contributed by atoms with Crippen LogP contribution in [0.3, 0.4) is 0 Å². The Morgan fingerprint density at radius 1 is 1.15 bits per heavy atom. The lowest BCUT2D eigenvalue weighted by molar-refractivity contribution is 0.249. The van der Waals surface area contributed by atoms with Crippen LogP contribution in [0.15, 0.2) is 53.4 Å². The highest BCUT2D eigenvalue weighted by Crippen LogP contribution is 2.30. The minimum Gasteiger partial charge on any atom is -0.463 e. The van der Waals surface area contributed by atoms with E-state index in [4.69, 9.17) is 10.2 Å². The van der Waals surface area contributed by atoms with Crippen molar-refractivity contribution in [1.29, 1.82) is 0 Å². The number of benzene rings is 1. The third kappa shape index (κ3) is 2.08. The minimum atomic E-state index is -0.221. The highest BCUT2D eigenvalue weighted by molar-refractivity contribution is 6.01. The summed E-state index contributed by atoms with van der Waals surface area (Å²) >= 11 is 0. The van der Waals surface area contributed by atoms with E-state index in [-0.39, 0.29) is 12.0 Å². The first kappa shape index (κ1) is 14.6. The first-order valence-corrected chi connectivity index (χ1v) is 8.16. The fraction of sp³-hybridized carbons (Fsp3) is 0.111. The number of rotatable bonds is 1. The molecule has 26 heavy (non-hydrogen) atoms. The van der Waals surface area contributed by atoms with Gasteiger partial charge >= 0.3 is 6.03 Å². The number of furan rings is 1. The van der Waals surface area contributed by atoms with Gasteiger partial charge in [-0.15, -0.1) is 0 Å². The van der Waals surface area contributed by atoms with E-state index in [0.717, 1.165) is 17.7 Å². The van der Waals surface area contributed by atoms with Gasteiger partial charge in [0, 0.05) is 12.2 Å². The maximum absolute atomic E-state index is 13.1. The summed E-state index contributed by atoms with van der Waals surface area (Å²) in [5, 5.41) is 0. The summed E-state index contributed by atoms with van der Waals surface area (Å²) in [6.45, 7) is 0.615. The first-order chi connectivity index (χ1) is 12.7. The number of carbonyl (C=O) groups is 1. The number of aromatic nitrogens is 4. The standard InChI is InChI=1S/C18H14N6O2/c19-17-21-14(13-6-3-9-26-13)15-16(22-17)24(10-20-15)18(25)23-8-7-11-4-1-2-5-12(11)23/h1-6,9-10H,7-8H2,(H2,19,21,22). The number of fused-ring (bicyclic) bond motifs is 2. The zero-order chi connectivity index (χ0) is 17.7. The smallest absolute Gasteiger partial charge is 0.335 e. The van der Waals surface area contributed by atoms with E-state index in [2.05, 4.69) is 15.0 Å². The van der Waals surface area contributed by atoms with Crippen LogP contribution in [-0.2, 0) is 6.42 Å². The van der Waals surface area contributed by atoms with Crippen LogP contribution in [0.4, 0.5) is 16.4 Å². The number of imidazole rings is 1. The number of hydrogen-bond acceptors (Lipinski definition) is 6. The van der Waals surface area contributed by atoms with E-state index in [9.17, 15) is 4.79 Å². The molecule has 2 N–H and O–H groups in total. The third-order valence-corrected chi connectivity index (χ3v) is 4.49. The fourth-order valence-electron chi connectivity index (χ4n) is 3.31. The zero-order valence-electron chi connectivity index (χ0n) is 13.7. The van der Waals surface area contributed by atoms with Crippen LogP contribution >= 0.6 is 0 Å². The lowest BCUT2D eigenvalue weighted by Gasteiger charge is -2.17. The molecular formula is C18H14N6O2. The van der Waals surface area contributed by atoms with Crippen LogP contribution in [0.1, 0.15) is 5.56 Å². The molecule has 0 spiro atoms. The van der Waals surface area contributed by atoms with Gasteiger partial charge in [-0.3, -0.25) is 4.90 Å². The number of nitrogens with two attached hydrogens (primary N) is 1. The van der Waals surface area contributed by atoms with E-state index in [0.29, 0.717) is 29.2 Å². The van der Waals surface area contributed by atoms with Gasteiger partial charge in [-0.25, -0.2) is 19.3 Å². The van der Waals surface area contributed by atoms with Crippen LogP contribution in [0.2, 0.25) is 0 Å². The molecular weight excluding hydrogens is 332 g/mol. The summed E-state index contributed by atoms with van der Waals surface area (Å²) in [7, 11) is 0. The van der Waals surface area contributed by atoms with E-state index < -0.39 is 0 Å². The molecule has 0 fully saturated rings. The summed E-state index contributed by atoms with van der Waals surface area (Å²) < 4.78 is 6.81. The second-order valence-electron chi connectivity index (χ2n) is 6.01. The van der Waals surface area contributed by atoms with Gasteiger partial charge in [-0.2, -0.15) is 4.98 Å². The lowest BCUT2D eigenvalue weighted by Crippen LogP contribution is -2.32. The Kier molecular flexibility index (Phi) is 3.05. The van der Waals surface area contributed by atoms with Gasteiger partial charge in [0.1, 0.15) is 17.5 Å². The van der Waals surface area contributed by atoms with Gasteiger partial charge in [0.15, 0.2) is 11.4 Å². The van der Waals surface area contributed by atoms with Crippen LogP contribution in [0.25, 0.3) is 22.6 Å². The van der Waals surface area contributed by atoms with Crippen LogP contribution in [-0.4, -0.2) is 32.1 Å². The molecule has 8 heteroatoms. The van der Waals surface area contributed by atoms with Gasteiger partial charge in [-0.05, 0) is 30.2 Å².